The Balaban J connectivity index is 1.52. The van der Waals surface area contributed by atoms with Crippen LogP contribution in [0.15, 0.2) is 52.5 Å². The molecule has 0 radical (unpaired) electrons. The van der Waals surface area contributed by atoms with E-state index in [2.05, 4.69) is 71.5 Å². The van der Waals surface area contributed by atoms with E-state index in [-0.39, 0.29) is 5.91 Å². The van der Waals surface area contributed by atoms with Gasteiger partial charge in [-0.2, -0.15) is 0 Å². The molecule has 0 unspecified atom stereocenters. The first-order valence-electron chi connectivity index (χ1n) is 11.4. The van der Waals surface area contributed by atoms with Crippen molar-refractivity contribution in [1.29, 1.82) is 0 Å². The fraction of sp³-hybridized carbons (Fsp3) is 0.500. The second-order valence-corrected chi connectivity index (χ2v) is 9.52. The van der Waals surface area contributed by atoms with Crippen molar-refractivity contribution < 1.29 is 9.63 Å². The van der Waals surface area contributed by atoms with Gasteiger partial charge in [0.15, 0.2) is 0 Å². The van der Waals surface area contributed by atoms with Gasteiger partial charge in [0, 0.05) is 22.7 Å². The lowest BCUT2D eigenvalue weighted by molar-refractivity contribution is -0.116. The number of hydrogen-bond acceptors (Lipinski definition) is 3. The molecule has 1 aromatic carbocycles. The maximum absolute atomic E-state index is 11.8. The van der Waals surface area contributed by atoms with Crippen molar-refractivity contribution in [1.82, 2.24) is 5.32 Å². The Morgan fingerprint density at radius 3 is 2.74 bits per heavy atom. The van der Waals surface area contributed by atoms with E-state index in [1.165, 1.54) is 31.2 Å². The minimum absolute atomic E-state index is 0.00510. The molecule has 1 amide bonds. The Morgan fingerprint density at radius 2 is 1.94 bits per heavy atom. The van der Waals surface area contributed by atoms with Crippen LogP contribution in [0.2, 0.25) is 0 Å². The van der Waals surface area contributed by atoms with Crippen molar-refractivity contribution in [3.8, 4) is 0 Å². The van der Waals surface area contributed by atoms with E-state index in [4.69, 9.17) is 4.84 Å². The Morgan fingerprint density at radius 1 is 1.19 bits per heavy atom. The minimum Gasteiger partial charge on any atom is -0.352 e. The third-order valence-electron chi connectivity index (χ3n) is 5.00. The zero-order valence-electron chi connectivity index (χ0n) is 19.2. The van der Waals surface area contributed by atoms with E-state index in [1.807, 2.05) is 18.1 Å². The molecule has 170 valence electrons. The highest BCUT2D eigenvalue weighted by Crippen LogP contribution is 2.30. The lowest BCUT2D eigenvalue weighted by Crippen LogP contribution is -2.28. The molecule has 0 aliphatic carbocycles. The summed E-state index contributed by atoms with van der Waals surface area (Å²) in [6, 6.07) is 8.32. The first-order valence-corrected chi connectivity index (χ1v) is 12.2. The minimum atomic E-state index is -0.00510. The van der Waals surface area contributed by atoms with Gasteiger partial charge in [-0.15, -0.1) is 0 Å². The summed E-state index contributed by atoms with van der Waals surface area (Å²) >= 11 is 3.61. The molecule has 0 fully saturated rings. The van der Waals surface area contributed by atoms with Crippen LogP contribution in [0, 0.1) is 5.92 Å². The van der Waals surface area contributed by atoms with Crippen LogP contribution in [0.3, 0.4) is 0 Å². The maximum atomic E-state index is 11.8. The van der Waals surface area contributed by atoms with Gasteiger partial charge in [-0.1, -0.05) is 79.4 Å². The third kappa shape index (κ3) is 10.3. The molecule has 0 aromatic heterocycles. The fourth-order valence-electron chi connectivity index (χ4n) is 3.34. The van der Waals surface area contributed by atoms with Gasteiger partial charge in [0.1, 0.15) is 0 Å². The van der Waals surface area contributed by atoms with Crippen LogP contribution in [0.5, 0.6) is 0 Å². The lowest BCUT2D eigenvalue weighted by Gasteiger charge is -2.28. The van der Waals surface area contributed by atoms with Crippen molar-refractivity contribution in [3.05, 3.63) is 58.1 Å². The summed E-state index contributed by atoms with van der Waals surface area (Å²) in [4.78, 5) is 17.8. The number of unbranched alkanes of at least 4 members (excludes halogenated alkanes) is 5. The molecule has 1 aliphatic rings. The molecular weight excluding hydrogens is 452 g/mol. The van der Waals surface area contributed by atoms with Gasteiger partial charge in [0.05, 0.1) is 18.8 Å². The summed E-state index contributed by atoms with van der Waals surface area (Å²) in [7, 11) is 0. The van der Waals surface area contributed by atoms with Crippen LogP contribution in [-0.4, -0.2) is 25.6 Å². The Bertz CT molecular complexity index is 783. The number of halogens is 1. The Kier molecular flexibility index (Phi) is 11.7. The summed E-state index contributed by atoms with van der Waals surface area (Å²) in [5.74, 6) is 0.468. The molecule has 0 atom stereocenters. The zero-order chi connectivity index (χ0) is 22.5. The summed E-state index contributed by atoms with van der Waals surface area (Å²) in [6.07, 6.45) is 15.0. The first-order chi connectivity index (χ1) is 15.0. The molecule has 4 nitrogen and oxygen atoms in total. The summed E-state index contributed by atoms with van der Waals surface area (Å²) in [5.41, 5.74) is 3.33. The molecular formula is C26H37BrN2O2. The Hall–Kier alpha value is -1.85. The second kappa shape index (κ2) is 14.3. The zero-order valence-corrected chi connectivity index (χ0v) is 20.8. The van der Waals surface area contributed by atoms with Crippen molar-refractivity contribution in [2.75, 3.05) is 24.8 Å². The molecule has 1 aliphatic heterocycles. The number of carbonyl (C=O) groups is 1. The number of hydrogen-bond donors (Lipinski definition) is 1. The normalized spacial score (nSPS) is 14.2. The number of fused-ring (bicyclic) bond motifs is 1. The van der Waals surface area contributed by atoms with E-state index in [0.717, 1.165) is 48.3 Å². The topological polar surface area (TPSA) is 41.6 Å². The number of allylic oxidation sites excluding steroid dienone is 3. The molecule has 0 spiro atoms. The highest BCUT2D eigenvalue weighted by Gasteiger charge is 2.16. The quantitative estimate of drug-likeness (QED) is 0.188. The Labute approximate surface area is 196 Å². The van der Waals surface area contributed by atoms with Crippen LogP contribution in [0.25, 0.3) is 6.08 Å². The smallest absolute Gasteiger partial charge is 0.244 e. The van der Waals surface area contributed by atoms with E-state index in [1.54, 1.807) is 6.08 Å². The van der Waals surface area contributed by atoms with Gasteiger partial charge in [-0.25, -0.2) is 5.06 Å². The number of nitrogens with zero attached hydrogens (tertiary/aromatic N) is 1. The number of para-hydroxylation sites is 1. The van der Waals surface area contributed by atoms with Gasteiger partial charge >= 0.3 is 0 Å². The van der Waals surface area contributed by atoms with Crippen LogP contribution < -0.4 is 10.4 Å². The van der Waals surface area contributed by atoms with Crippen LogP contribution in [-0.2, 0) is 9.63 Å². The number of carbonyl (C=O) groups excluding carboxylic acids is 1. The van der Waals surface area contributed by atoms with E-state index in [0.29, 0.717) is 5.92 Å². The molecule has 0 saturated heterocycles. The van der Waals surface area contributed by atoms with Gasteiger partial charge in [0.25, 0.3) is 0 Å². The van der Waals surface area contributed by atoms with Gasteiger partial charge in [-0.3, -0.25) is 9.63 Å². The molecule has 31 heavy (non-hydrogen) atoms. The molecule has 0 bridgehead atoms. The number of anilines is 1. The SMILES string of the molecule is CC(C=CCCCCCCCON1CC(Br)=Cc2ccccc21)=CC(=O)NCC(C)C. The number of hydroxylamine groups is 1. The number of rotatable bonds is 13. The third-order valence-corrected chi connectivity index (χ3v) is 5.48. The fourth-order valence-corrected chi connectivity index (χ4v) is 3.81. The first kappa shape index (κ1) is 25.4. The summed E-state index contributed by atoms with van der Waals surface area (Å²) in [6.45, 7) is 8.38. The molecule has 5 heteroatoms. The number of amides is 1. The predicted octanol–water partition coefficient (Wildman–Crippen LogP) is 6.79. The average Bonchev–Trinajstić information content (AvgIpc) is 2.73. The largest absolute Gasteiger partial charge is 0.352 e. The maximum Gasteiger partial charge on any atom is 0.244 e. The number of benzene rings is 1. The molecule has 1 N–H and O–H groups in total. The van der Waals surface area contributed by atoms with E-state index in [9.17, 15) is 4.79 Å². The standard InChI is InChI=1S/C26H37BrN2O2/c1-21(2)19-28-26(30)17-22(3)13-9-7-5-4-6-8-12-16-31-29-20-24(27)18-23-14-10-11-15-25(23)29/h9-11,13-15,17-18,21H,4-8,12,16,19-20H2,1-3H3,(H,28,30). The summed E-state index contributed by atoms with van der Waals surface area (Å²) in [5, 5.41) is 4.90. The van der Waals surface area contributed by atoms with Crippen molar-refractivity contribution in [3.63, 3.8) is 0 Å². The van der Waals surface area contributed by atoms with E-state index < -0.39 is 0 Å². The molecule has 1 heterocycles. The number of nitrogens with one attached hydrogen (secondary N) is 1. The second-order valence-electron chi connectivity index (χ2n) is 8.51. The van der Waals surface area contributed by atoms with Crippen LogP contribution >= 0.6 is 15.9 Å². The van der Waals surface area contributed by atoms with Crippen LogP contribution in [0.4, 0.5) is 5.69 Å². The molecule has 1 aromatic rings. The van der Waals surface area contributed by atoms with Crippen molar-refractivity contribution in [2.24, 2.45) is 5.92 Å². The monoisotopic (exact) mass is 488 g/mol. The van der Waals surface area contributed by atoms with Gasteiger partial charge < -0.3 is 5.32 Å². The lowest BCUT2D eigenvalue weighted by atomic mass is 10.1. The molecule has 0 saturated carbocycles. The van der Waals surface area contributed by atoms with Crippen LogP contribution in [0.1, 0.15) is 64.9 Å². The highest BCUT2D eigenvalue weighted by molar-refractivity contribution is 9.11. The van der Waals surface area contributed by atoms with Gasteiger partial charge in [-0.05, 0) is 49.8 Å². The predicted molar refractivity (Wildman–Crippen MR) is 135 cm³/mol. The summed E-state index contributed by atoms with van der Waals surface area (Å²) < 4.78 is 1.14. The van der Waals surface area contributed by atoms with Gasteiger partial charge in [0.2, 0.25) is 5.91 Å². The van der Waals surface area contributed by atoms with Crippen molar-refractivity contribution in [2.45, 2.75) is 59.3 Å². The molecule has 2 rings (SSSR count). The average molecular weight is 489 g/mol. The highest BCUT2D eigenvalue weighted by atomic mass is 79.9. The van der Waals surface area contributed by atoms with Crippen molar-refractivity contribution >= 4 is 33.6 Å². The van der Waals surface area contributed by atoms with E-state index >= 15 is 0 Å².